The maximum Gasteiger partial charge on any atom is 0.183 e. The molecule has 0 amide bonds. The first-order valence-electron chi connectivity index (χ1n) is 6.36. The van der Waals surface area contributed by atoms with Crippen molar-refractivity contribution in [2.24, 2.45) is 0 Å². The first-order valence-corrected chi connectivity index (χ1v) is 7.35. The second kappa shape index (κ2) is 7.54. The van der Waals surface area contributed by atoms with E-state index in [4.69, 9.17) is 9.47 Å². The molecule has 112 valence electrons. The molecular weight excluding hydrogens is 294 g/mol. The van der Waals surface area contributed by atoms with Gasteiger partial charge in [0.1, 0.15) is 0 Å². The number of thioether (sulfide) groups is 1. The third-order valence-corrected chi connectivity index (χ3v) is 4.05. The molecule has 0 atom stereocenters. The quantitative estimate of drug-likeness (QED) is 0.576. The van der Waals surface area contributed by atoms with Gasteiger partial charge in [0.05, 0.1) is 0 Å². The Morgan fingerprint density at radius 2 is 1.62 bits per heavy atom. The van der Waals surface area contributed by atoms with Gasteiger partial charge in [0.25, 0.3) is 0 Å². The fourth-order valence-electron chi connectivity index (χ4n) is 1.89. The van der Waals surface area contributed by atoms with E-state index in [2.05, 4.69) is 0 Å². The van der Waals surface area contributed by atoms with E-state index in [-0.39, 0.29) is 6.29 Å². The summed E-state index contributed by atoms with van der Waals surface area (Å²) in [4.78, 5) is 1.04. The van der Waals surface area contributed by atoms with Crippen LogP contribution in [0, 0.1) is 11.6 Å². The molecule has 0 spiro atoms. The molecule has 0 aliphatic heterocycles. The zero-order valence-electron chi connectivity index (χ0n) is 11.8. The molecule has 5 heteroatoms. The Kier molecular flexibility index (Phi) is 5.73. The van der Waals surface area contributed by atoms with Gasteiger partial charge in [0.15, 0.2) is 17.9 Å². The highest BCUT2D eigenvalue weighted by molar-refractivity contribution is 7.98. The fraction of sp³-hybridized carbons (Fsp3) is 0.250. The summed E-state index contributed by atoms with van der Waals surface area (Å²) in [5.41, 5.74) is 1.67. The highest BCUT2D eigenvalue weighted by atomic mass is 32.2. The van der Waals surface area contributed by atoms with Gasteiger partial charge < -0.3 is 9.47 Å². The molecule has 0 saturated heterocycles. The molecule has 2 nitrogen and oxygen atoms in total. The summed E-state index contributed by atoms with van der Waals surface area (Å²) < 4.78 is 36.3. The smallest absolute Gasteiger partial charge is 0.183 e. The van der Waals surface area contributed by atoms with E-state index in [9.17, 15) is 8.78 Å². The Bertz CT molecular complexity index is 583. The summed E-state index contributed by atoms with van der Waals surface area (Å²) in [6.45, 7) is 0. The number of rotatable bonds is 6. The first kappa shape index (κ1) is 15.9. The molecule has 0 bridgehead atoms. The van der Waals surface area contributed by atoms with Crippen molar-refractivity contribution in [1.29, 1.82) is 0 Å². The van der Waals surface area contributed by atoms with Gasteiger partial charge in [0, 0.05) is 30.4 Å². The van der Waals surface area contributed by atoms with Crippen molar-refractivity contribution in [3.05, 3.63) is 65.2 Å². The maximum absolute atomic E-state index is 13.1. The zero-order chi connectivity index (χ0) is 15.2. The molecule has 0 aromatic heterocycles. The molecule has 0 unspecified atom stereocenters. The normalized spacial score (nSPS) is 11.1. The van der Waals surface area contributed by atoms with Crippen LogP contribution >= 0.6 is 11.8 Å². The Labute approximate surface area is 127 Å². The minimum Gasteiger partial charge on any atom is -0.352 e. The molecule has 0 radical (unpaired) electrons. The SMILES string of the molecule is COC(OC)c1ccc(SCc2ccc(F)c(F)c2)cc1. The maximum atomic E-state index is 13.1. The lowest BCUT2D eigenvalue weighted by Gasteiger charge is -2.13. The number of benzene rings is 2. The van der Waals surface area contributed by atoms with Crippen LogP contribution in [-0.2, 0) is 15.2 Å². The number of halogens is 2. The van der Waals surface area contributed by atoms with Crippen LogP contribution in [-0.4, -0.2) is 14.2 Å². The lowest BCUT2D eigenvalue weighted by molar-refractivity contribution is -0.106. The molecule has 0 aliphatic rings. The average molecular weight is 310 g/mol. The van der Waals surface area contributed by atoms with Crippen molar-refractivity contribution in [2.75, 3.05) is 14.2 Å². The number of hydrogen-bond donors (Lipinski definition) is 0. The minimum absolute atomic E-state index is 0.379. The van der Waals surface area contributed by atoms with Gasteiger partial charge in [-0.3, -0.25) is 0 Å². The van der Waals surface area contributed by atoms with Crippen molar-refractivity contribution in [3.63, 3.8) is 0 Å². The van der Waals surface area contributed by atoms with Gasteiger partial charge in [-0.2, -0.15) is 0 Å². The summed E-state index contributed by atoms with van der Waals surface area (Å²) in [5, 5.41) is 0. The molecule has 0 aliphatic carbocycles. The van der Waals surface area contributed by atoms with E-state index in [1.54, 1.807) is 32.0 Å². The topological polar surface area (TPSA) is 18.5 Å². The van der Waals surface area contributed by atoms with Crippen molar-refractivity contribution in [3.8, 4) is 0 Å². The molecule has 0 saturated carbocycles. The average Bonchev–Trinajstić information content (AvgIpc) is 2.51. The summed E-state index contributed by atoms with van der Waals surface area (Å²) in [7, 11) is 3.17. The second-order valence-electron chi connectivity index (χ2n) is 4.41. The van der Waals surface area contributed by atoms with Crippen molar-refractivity contribution in [1.82, 2.24) is 0 Å². The van der Waals surface area contributed by atoms with Crippen LogP contribution in [0.3, 0.4) is 0 Å². The van der Waals surface area contributed by atoms with Crippen LogP contribution in [0.1, 0.15) is 17.4 Å². The molecular formula is C16H16F2O2S. The van der Waals surface area contributed by atoms with Crippen molar-refractivity contribution >= 4 is 11.8 Å². The fourth-order valence-corrected chi connectivity index (χ4v) is 2.73. The van der Waals surface area contributed by atoms with Crippen LogP contribution in [0.25, 0.3) is 0 Å². The van der Waals surface area contributed by atoms with Gasteiger partial charge >= 0.3 is 0 Å². The van der Waals surface area contributed by atoms with E-state index in [0.29, 0.717) is 5.75 Å². The summed E-state index contributed by atoms with van der Waals surface area (Å²) in [6, 6.07) is 11.7. The van der Waals surface area contributed by atoms with Crippen LogP contribution in [0.15, 0.2) is 47.4 Å². The predicted molar refractivity (Wildman–Crippen MR) is 79.1 cm³/mol. The molecule has 21 heavy (non-hydrogen) atoms. The summed E-state index contributed by atoms with van der Waals surface area (Å²) in [5.74, 6) is -1.06. The van der Waals surface area contributed by atoms with Crippen LogP contribution in [0.5, 0.6) is 0 Å². The van der Waals surface area contributed by atoms with Gasteiger partial charge in [-0.15, -0.1) is 11.8 Å². The molecule has 0 N–H and O–H groups in total. The number of hydrogen-bond acceptors (Lipinski definition) is 3. The highest BCUT2D eigenvalue weighted by Crippen LogP contribution is 2.26. The van der Waals surface area contributed by atoms with Crippen molar-refractivity contribution in [2.45, 2.75) is 16.9 Å². The zero-order valence-corrected chi connectivity index (χ0v) is 12.6. The molecule has 2 aromatic rings. The predicted octanol–water partition coefficient (Wildman–Crippen LogP) is 4.55. The van der Waals surface area contributed by atoms with E-state index >= 15 is 0 Å². The Morgan fingerprint density at radius 3 is 2.19 bits per heavy atom. The molecule has 0 heterocycles. The van der Waals surface area contributed by atoms with E-state index in [1.807, 2.05) is 24.3 Å². The molecule has 0 fully saturated rings. The van der Waals surface area contributed by atoms with Gasteiger partial charge in [0.2, 0.25) is 0 Å². The lowest BCUT2D eigenvalue weighted by atomic mass is 10.2. The third-order valence-electron chi connectivity index (χ3n) is 2.97. The monoisotopic (exact) mass is 310 g/mol. The summed E-state index contributed by atoms with van der Waals surface area (Å²) >= 11 is 1.55. The van der Waals surface area contributed by atoms with Crippen LogP contribution in [0.2, 0.25) is 0 Å². The van der Waals surface area contributed by atoms with Gasteiger partial charge in [-0.05, 0) is 29.8 Å². The molecule has 2 aromatic carbocycles. The Morgan fingerprint density at radius 1 is 0.952 bits per heavy atom. The van der Waals surface area contributed by atoms with Crippen molar-refractivity contribution < 1.29 is 18.3 Å². The second-order valence-corrected chi connectivity index (χ2v) is 5.46. The van der Waals surface area contributed by atoms with Gasteiger partial charge in [-0.25, -0.2) is 8.78 Å². The largest absolute Gasteiger partial charge is 0.352 e. The number of methoxy groups -OCH3 is 2. The van der Waals surface area contributed by atoms with Gasteiger partial charge in [-0.1, -0.05) is 18.2 Å². The highest BCUT2D eigenvalue weighted by Gasteiger charge is 2.08. The standard InChI is InChI=1S/C16H16F2O2S/c1-19-16(20-2)12-4-6-13(7-5-12)21-10-11-3-8-14(17)15(18)9-11/h3-9,16H,10H2,1-2H3. The Balaban J connectivity index is 1.98. The van der Waals surface area contributed by atoms with Crippen LogP contribution < -0.4 is 0 Å². The van der Waals surface area contributed by atoms with E-state index < -0.39 is 11.6 Å². The Hall–Kier alpha value is -1.43. The minimum atomic E-state index is -0.821. The lowest BCUT2D eigenvalue weighted by Crippen LogP contribution is -2.02. The number of ether oxygens (including phenoxy) is 2. The molecule has 2 rings (SSSR count). The third kappa shape index (κ3) is 4.27. The van der Waals surface area contributed by atoms with Crippen LogP contribution in [0.4, 0.5) is 8.78 Å². The van der Waals surface area contributed by atoms with E-state index in [1.165, 1.54) is 6.07 Å². The summed E-state index contributed by atoms with van der Waals surface area (Å²) in [6.07, 6.45) is -0.379. The first-order chi connectivity index (χ1) is 10.1. The van der Waals surface area contributed by atoms with E-state index in [0.717, 1.165) is 22.1 Å².